The summed E-state index contributed by atoms with van der Waals surface area (Å²) >= 11 is 0. The first kappa shape index (κ1) is 15.2. The number of rotatable bonds is 4. The van der Waals surface area contributed by atoms with E-state index in [2.05, 4.69) is 4.98 Å². The summed E-state index contributed by atoms with van der Waals surface area (Å²) in [4.78, 5) is 30.8. The van der Waals surface area contributed by atoms with Crippen molar-refractivity contribution in [1.29, 1.82) is 0 Å². The fraction of sp³-hybridized carbons (Fsp3) is 0.438. The van der Waals surface area contributed by atoms with Crippen LogP contribution >= 0.6 is 0 Å². The molecule has 0 saturated heterocycles. The molecule has 21 heavy (non-hydrogen) atoms. The molecule has 5 nitrogen and oxygen atoms in total. The zero-order valence-corrected chi connectivity index (χ0v) is 12.9. The van der Waals surface area contributed by atoms with Gasteiger partial charge in [-0.15, -0.1) is 0 Å². The lowest BCUT2D eigenvalue weighted by Crippen LogP contribution is -2.44. The van der Waals surface area contributed by atoms with Gasteiger partial charge >= 0.3 is 0 Å². The molecule has 0 aliphatic carbocycles. The van der Waals surface area contributed by atoms with Gasteiger partial charge in [0.15, 0.2) is 0 Å². The molecule has 0 fully saturated rings. The number of hydrogen-bond donors (Lipinski definition) is 0. The van der Waals surface area contributed by atoms with Gasteiger partial charge in [0.2, 0.25) is 5.91 Å². The second-order valence-electron chi connectivity index (χ2n) is 5.68. The highest BCUT2D eigenvalue weighted by molar-refractivity contribution is 5.79. The molecule has 0 aliphatic rings. The fourth-order valence-electron chi connectivity index (χ4n) is 2.62. The van der Waals surface area contributed by atoms with Gasteiger partial charge < -0.3 is 4.90 Å². The lowest BCUT2D eigenvalue weighted by Gasteiger charge is -2.31. The van der Waals surface area contributed by atoms with Crippen LogP contribution in [0.1, 0.15) is 27.7 Å². The van der Waals surface area contributed by atoms with Crippen LogP contribution in [-0.2, 0) is 11.3 Å². The van der Waals surface area contributed by atoms with Crippen LogP contribution in [0.15, 0.2) is 35.4 Å². The normalized spacial score (nSPS) is 11.3. The molecule has 1 heterocycles. The zero-order valence-electron chi connectivity index (χ0n) is 12.9. The maximum absolute atomic E-state index is 12.4. The predicted molar refractivity (Wildman–Crippen MR) is 83.1 cm³/mol. The minimum absolute atomic E-state index is 0.0209. The molecule has 0 spiro atoms. The van der Waals surface area contributed by atoms with Crippen molar-refractivity contribution in [2.75, 3.05) is 0 Å². The Labute approximate surface area is 124 Å². The van der Waals surface area contributed by atoms with Gasteiger partial charge in [0.1, 0.15) is 6.54 Å². The monoisotopic (exact) mass is 287 g/mol. The van der Waals surface area contributed by atoms with Crippen LogP contribution in [-0.4, -0.2) is 32.4 Å². The SMILES string of the molecule is CC(C)N(C(=O)Cn1cnc2ccccc2c1=O)C(C)C. The Balaban J connectivity index is 2.34. The van der Waals surface area contributed by atoms with E-state index in [0.717, 1.165) is 0 Å². The molecule has 1 aromatic heterocycles. The van der Waals surface area contributed by atoms with E-state index in [1.54, 1.807) is 23.1 Å². The van der Waals surface area contributed by atoms with E-state index < -0.39 is 0 Å². The van der Waals surface area contributed by atoms with Gasteiger partial charge in [-0.2, -0.15) is 0 Å². The van der Waals surface area contributed by atoms with Crippen LogP contribution in [0.25, 0.3) is 10.9 Å². The number of benzene rings is 1. The summed E-state index contributed by atoms with van der Waals surface area (Å²) in [5.74, 6) is -0.0702. The molecule has 0 radical (unpaired) electrons. The number of aromatic nitrogens is 2. The summed E-state index contributed by atoms with van der Waals surface area (Å²) in [5, 5.41) is 0.536. The number of amides is 1. The number of hydrogen-bond acceptors (Lipinski definition) is 3. The Morgan fingerprint density at radius 1 is 1.19 bits per heavy atom. The molecule has 2 rings (SSSR count). The van der Waals surface area contributed by atoms with Gasteiger partial charge in [0, 0.05) is 12.1 Å². The van der Waals surface area contributed by atoms with Crippen LogP contribution in [0.3, 0.4) is 0 Å². The average Bonchev–Trinajstić information content (AvgIpc) is 2.41. The Bertz CT molecular complexity index is 696. The second-order valence-corrected chi connectivity index (χ2v) is 5.68. The Kier molecular flexibility index (Phi) is 4.40. The highest BCUT2D eigenvalue weighted by Gasteiger charge is 2.20. The Morgan fingerprint density at radius 2 is 1.81 bits per heavy atom. The molecule has 1 aromatic carbocycles. The van der Waals surface area contributed by atoms with Crippen molar-refractivity contribution >= 4 is 16.8 Å². The molecule has 2 aromatic rings. The van der Waals surface area contributed by atoms with E-state index in [1.165, 1.54) is 10.9 Å². The van der Waals surface area contributed by atoms with Crippen LogP contribution in [0, 0.1) is 0 Å². The highest BCUT2D eigenvalue weighted by atomic mass is 16.2. The van der Waals surface area contributed by atoms with Crippen LogP contribution in [0.5, 0.6) is 0 Å². The van der Waals surface area contributed by atoms with Gasteiger partial charge in [0.25, 0.3) is 5.56 Å². The number of para-hydroxylation sites is 1. The third-order valence-corrected chi connectivity index (χ3v) is 3.44. The highest BCUT2D eigenvalue weighted by Crippen LogP contribution is 2.08. The summed E-state index contributed by atoms with van der Waals surface area (Å²) in [6, 6.07) is 7.35. The minimum Gasteiger partial charge on any atom is -0.336 e. The number of carbonyl (C=O) groups excluding carboxylic acids is 1. The van der Waals surface area contributed by atoms with E-state index in [4.69, 9.17) is 0 Å². The average molecular weight is 287 g/mol. The summed E-state index contributed by atoms with van der Waals surface area (Å²) in [6.07, 6.45) is 1.45. The van der Waals surface area contributed by atoms with Crippen molar-refractivity contribution in [2.24, 2.45) is 0 Å². The third kappa shape index (κ3) is 3.12. The first-order valence-electron chi connectivity index (χ1n) is 7.17. The summed E-state index contributed by atoms with van der Waals surface area (Å²) in [6.45, 7) is 7.91. The second kappa shape index (κ2) is 6.08. The topological polar surface area (TPSA) is 55.2 Å². The standard InChI is InChI=1S/C16H21N3O2/c1-11(2)19(12(3)4)15(20)9-18-10-17-14-8-6-5-7-13(14)16(18)21/h5-8,10-12H,9H2,1-4H3. The van der Waals surface area contributed by atoms with E-state index in [0.29, 0.717) is 10.9 Å². The van der Waals surface area contributed by atoms with Crippen molar-refractivity contribution in [3.05, 3.63) is 40.9 Å². The third-order valence-electron chi connectivity index (χ3n) is 3.44. The molecule has 0 saturated carbocycles. The van der Waals surface area contributed by atoms with E-state index in [-0.39, 0.29) is 30.1 Å². The number of nitrogens with zero attached hydrogens (tertiary/aromatic N) is 3. The predicted octanol–water partition coefficient (Wildman–Crippen LogP) is 2.04. The van der Waals surface area contributed by atoms with Crippen molar-refractivity contribution in [1.82, 2.24) is 14.5 Å². The zero-order chi connectivity index (χ0) is 15.6. The lowest BCUT2D eigenvalue weighted by atomic mass is 10.2. The van der Waals surface area contributed by atoms with E-state index in [1.807, 2.05) is 33.8 Å². The molecular weight excluding hydrogens is 266 g/mol. The molecule has 0 bridgehead atoms. The van der Waals surface area contributed by atoms with Crippen molar-refractivity contribution in [3.63, 3.8) is 0 Å². The molecule has 0 aliphatic heterocycles. The largest absolute Gasteiger partial charge is 0.336 e. The molecular formula is C16H21N3O2. The van der Waals surface area contributed by atoms with Crippen molar-refractivity contribution < 1.29 is 4.79 Å². The van der Waals surface area contributed by atoms with Crippen LogP contribution < -0.4 is 5.56 Å². The lowest BCUT2D eigenvalue weighted by molar-refractivity contribution is -0.135. The number of carbonyl (C=O) groups is 1. The quantitative estimate of drug-likeness (QED) is 0.864. The molecule has 1 amide bonds. The maximum atomic E-state index is 12.4. The first-order chi connectivity index (χ1) is 9.91. The van der Waals surface area contributed by atoms with Crippen LogP contribution in [0.2, 0.25) is 0 Å². The van der Waals surface area contributed by atoms with Crippen LogP contribution in [0.4, 0.5) is 0 Å². The van der Waals surface area contributed by atoms with Crippen molar-refractivity contribution in [3.8, 4) is 0 Å². The Hall–Kier alpha value is -2.17. The summed E-state index contributed by atoms with van der Waals surface area (Å²) in [5.41, 5.74) is 0.470. The van der Waals surface area contributed by atoms with E-state index >= 15 is 0 Å². The van der Waals surface area contributed by atoms with Gasteiger partial charge in [-0.05, 0) is 39.8 Å². The molecule has 0 unspecified atom stereocenters. The molecule has 0 atom stereocenters. The van der Waals surface area contributed by atoms with Gasteiger partial charge in [0.05, 0.1) is 17.2 Å². The smallest absolute Gasteiger partial charge is 0.261 e. The van der Waals surface area contributed by atoms with Gasteiger partial charge in [-0.25, -0.2) is 4.98 Å². The van der Waals surface area contributed by atoms with E-state index in [9.17, 15) is 9.59 Å². The Morgan fingerprint density at radius 3 is 2.43 bits per heavy atom. The molecule has 112 valence electrons. The van der Waals surface area contributed by atoms with Gasteiger partial charge in [-0.1, -0.05) is 12.1 Å². The summed E-state index contributed by atoms with van der Waals surface area (Å²) in [7, 11) is 0. The minimum atomic E-state index is -0.179. The summed E-state index contributed by atoms with van der Waals surface area (Å²) < 4.78 is 1.38. The van der Waals surface area contributed by atoms with Crippen molar-refractivity contribution in [2.45, 2.75) is 46.3 Å². The molecule has 0 N–H and O–H groups in total. The maximum Gasteiger partial charge on any atom is 0.261 e. The first-order valence-corrected chi connectivity index (χ1v) is 7.17. The fourth-order valence-corrected chi connectivity index (χ4v) is 2.62. The van der Waals surface area contributed by atoms with Gasteiger partial charge in [-0.3, -0.25) is 14.2 Å². The number of fused-ring (bicyclic) bond motifs is 1. The molecule has 5 heteroatoms.